The molecule has 4 rings (SSSR count). The molecule has 0 aliphatic heterocycles. The number of nitrogens with zero attached hydrogens (tertiary/aromatic N) is 3. The second-order valence-corrected chi connectivity index (χ2v) is 13.0. The van der Waals surface area contributed by atoms with Crippen LogP contribution in [0.2, 0.25) is 0 Å². The van der Waals surface area contributed by atoms with Gasteiger partial charge in [0.15, 0.2) is 5.82 Å². The van der Waals surface area contributed by atoms with Gasteiger partial charge in [0.05, 0.1) is 39.3 Å². The molecule has 0 fully saturated rings. The van der Waals surface area contributed by atoms with E-state index in [1.807, 2.05) is 50.2 Å². The van der Waals surface area contributed by atoms with Crippen LogP contribution < -0.4 is 15.0 Å². The number of ether oxygens (including phenoxy) is 2. The van der Waals surface area contributed by atoms with Crippen LogP contribution in [0.1, 0.15) is 64.2 Å². The minimum absolute atomic E-state index is 0.0219. The molecule has 0 unspecified atom stereocenters. The summed E-state index contributed by atoms with van der Waals surface area (Å²) in [4.78, 5) is 18.7. The maximum absolute atomic E-state index is 13.8. The Morgan fingerprint density at radius 2 is 1.73 bits per heavy atom. The third-order valence-corrected chi connectivity index (χ3v) is 7.44. The summed E-state index contributed by atoms with van der Waals surface area (Å²) in [5, 5.41) is 5.18. The first kappa shape index (κ1) is 30.0. The van der Waals surface area contributed by atoms with Crippen molar-refractivity contribution in [2.75, 3.05) is 13.2 Å². The molecule has 210 valence electrons. The van der Waals surface area contributed by atoms with Crippen molar-refractivity contribution in [2.45, 2.75) is 54.4 Å². The fourth-order valence-corrected chi connectivity index (χ4v) is 5.73. The van der Waals surface area contributed by atoms with Crippen molar-refractivity contribution in [1.82, 2.24) is 9.66 Å². The molecule has 4 aromatic rings. The first-order chi connectivity index (χ1) is 18.9. The van der Waals surface area contributed by atoms with E-state index in [4.69, 9.17) is 14.5 Å². The van der Waals surface area contributed by atoms with E-state index in [-0.39, 0.29) is 16.9 Å². The summed E-state index contributed by atoms with van der Waals surface area (Å²) in [6.07, 6.45) is 1.66. The Kier molecular flexibility index (Phi) is 9.20. The Labute approximate surface area is 252 Å². The molecular formula is C32H35Br2N3O3. The molecule has 0 atom stereocenters. The number of halogens is 2. The van der Waals surface area contributed by atoms with Gasteiger partial charge in [-0.1, -0.05) is 46.8 Å². The van der Waals surface area contributed by atoms with Gasteiger partial charge in [-0.2, -0.15) is 9.78 Å². The summed E-state index contributed by atoms with van der Waals surface area (Å²) in [6, 6.07) is 15.3. The van der Waals surface area contributed by atoms with Gasteiger partial charge in [0.1, 0.15) is 11.5 Å². The maximum atomic E-state index is 13.8. The Morgan fingerprint density at radius 3 is 2.35 bits per heavy atom. The zero-order valence-corrected chi connectivity index (χ0v) is 27.2. The Morgan fingerprint density at radius 1 is 1.05 bits per heavy atom. The molecule has 8 heteroatoms. The van der Waals surface area contributed by atoms with Crippen molar-refractivity contribution in [3.8, 4) is 22.9 Å². The van der Waals surface area contributed by atoms with Crippen LogP contribution in [0.15, 0.2) is 67.4 Å². The first-order valence-corrected chi connectivity index (χ1v) is 14.9. The van der Waals surface area contributed by atoms with Crippen molar-refractivity contribution in [1.29, 1.82) is 0 Å². The fourth-order valence-electron chi connectivity index (χ4n) is 4.28. The topological polar surface area (TPSA) is 65.7 Å². The Balaban J connectivity index is 1.86. The van der Waals surface area contributed by atoms with Crippen molar-refractivity contribution in [3.63, 3.8) is 0 Å². The largest absolute Gasteiger partial charge is 0.494 e. The van der Waals surface area contributed by atoms with Gasteiger partial charge >= 0.3 is 0 Å². The van der Waals surface area contributed by atoms with Gasteiger partial charge < -0.3 is 9.47 Å². The van der Waals surface area contributed by atoms with E-state index in [2.05, 4.69) is 77.6 Å². The number of hydrogen-bond donors (Lipinski definition) is 0. The predicted octanol–water partition coefficient (Wildman–Crippen LogP) is 8.73. The molecule has 0 bridgehead atoms. The molecule has 0 radical (unpaired) electrons. The maximum Gasteiger partial charge on any atom is 0.282 e. The number of aromatic nitrogens is 2. The number of hydrogen-bond acceptors (Lipinski definition) is 5. The van der Waals surface area contributed by atoms with Gasteiger partial charge in [0, 0.05) is 5.56 Å². The molecule has 0 aliphatic carbocycles. The van der Waals surface area contributed by atoms with Gasteiger partial charge in [-0.05, 0) is 110 Å². The summed E-state index contributed by atoms with van der Waals surface area (Å²) in [5.74, 6) is 2.27. The Bertz CT molecular complexity index is 1610. The SMILES string of the molecule is CCOc1cc(C)c(-c2nc3ccccc3c(=O)n2N=Cc2cc(Br)c(OCC(C)(C)C)c(Br)c2)cc1C(C)C. The average Bonchev–Trinajstić information content (AvgIpc) is 2.87. The molecule has 0 amide bonds. The van der Waals surface area contributed by atoms with Crippen molar-refractivity contribution in [3.05, 3.63) is 84.5 Å². The molecule has 0 spiro atoms. The van der Waals surface area contributed by atoms with E-state index in [1.54, 1.807) is 12.3 Å². The van der Waals surface area contributed by atoms with Crippen LogP contribution in [0.25, 0.3) is 22.3 Å². The average molecular weight is 669 g/mol. The summed E-state index contributed by atoms with van der Waals surface area (Å²) < 4.78 is 15.0. The quantitative estimate of drug-likeness (QED) is 0.176. The highest BCUT2D eigenvalue weighted by Crippen LogP contribution is 2.36. The highest BCUT2D eigenvalue weighted by Gasteiger charge is 2.19. The second kappa shape index (κ2) is 12.3. The van der Waals surface area contributed by atoms with E-state index < -0.39 is 0 Å². The smallest absolute Gasteiger partial charge is 0.282 e. The molecule has 6 nitrogen and oxygen atoms in total. The summed E-state index contributed by atoms with van der Waals surface area (Å²) in [6.45, 7) is 15.7. The van der Waals surface area contributed by atoms with Crippen LogP contribution in [-0.2, 0) is 0 Å². The second-order valence-electron chi connectivity index (χ2n) is 11.3. The molecule has 0 saturated heterocycles. The molecule has 0 aliphatic rings. The zero-order valence-electron chi connectivity index (χ0n) is 24.0. The summed E-state index contributed by atoms with van der Waals surface area (Å²) in [7, 11) is 0. The number of rotatable bonds is 8. The standard InChI is InChI=1S/C32H35Br2N3O3/c1-8-39-28-13-20(4)24(16-23(28)19(2)3)30-36-27-12-10-9-11-22(27)31(38)37(30)35-17-21-14-25(33)29(26(34)15-21)40-18-32(5,6)7/h9-17,19H,8,18H2,1-7H3. The third-order valence-electron chi connectivity index (χ3n) is 6.27. The molecule has 0 saturated carbocycles. The summed E-state index contributed by atoms with van der Waals surface area (Å²) in [5.41, 5.74) is 4.04. The van der Waals surface area contributed by atoms with Crippen LogP contribution in [0.5, 0.6) is 11.5 Å². The van der Waals surface area contributed by atoms with Crippen LogP contribution >= 0.6 is 31.9 Å². The van der Waals surface area contributed by atoms with E-state index >= 15 is 0 Å². The van der Waals surface area contributed by atoms with Gasteiger partial charge in [0.2, 0.25) is 0 Å². The van der Waals surface area contributed by atoms with Gasteiger partial charge in [-0.25, -0.2) is 4.98 Å². The lowest BCUT2D eigenvalue weighted by atomic mass is 9.96. The number of aryl methyl sites for hydroxylation is 1. The Hall–Kier alpha value is -2.97. The molecule has 1 aromatic heterocycles. The van der Waals surface area contributed by atoms with Crippen LogP contribution in [-0.4, -0.2) is 29.1 Å². The highest BCUT2D eigenvalue weighted by atomic mass is 79.9. The van der Waals surface area contributed by atoms with E-state index in [0.29, 0.717) is 29.9 Å². The van der Waals surface area contributed by atoms with Crippen molar-refractivity contribution in [2.24, 2.45) is 10.5 Å². The van der Waals surface area contributed by atoms with Crippen molar-refractivity contribution < 1.29 is 9.47 Å². The monoisotopic (exact) mass is 667 g/mol. The predicted molar refractivity (Wildman–Crippen MR) is 171 cm³/mol. The van der Waals surface area contributed by atoms with Crippen LogP contribution in [0, 0.1) is 12.3 Å². The van der Waals surface area contributed by atoms with Gasteiger partial charge in [0.25, 0.3) is 5.56 Å². The van der Waals surface area contributed by atoms with E-state index in [1.165, 1.54) is 4.68 Å². The zero-order chi connectivity index (χ0) is 29.2. The first-order valence-electron chi connectivity index (χ1n) is 13.3. The van der Waals surface area contributed by atoms with Gasteiger partial charge in [-0.15, -0.1) is 0 Å². The third kappa shape index (κ3) is 6.66. The lowest BCUT2D eigenvalue weighted by Gasteiger charge is -2.20. The summed E-state index contributed by atoms with van der Waals surface area (Å²) >= 11 is 7.26. The lowest BCUT2D eigenvalue weighted by molar-refractivity contribution is 0.196. The minimum atomic E-state index is -0.237. The molecule has 0 N–H and O–H groups in total. The number of para-hydroxylation sites is 1. The number of benzene rings is 3. The minimum Gasteiger partial charge on any atom is -0.494 e. The van der Waals surface area contributed by atoms with Crippen molar-refractivity contribution >= 4 is 49.0 Å². The fraction of sp³-hybridized carbons (Fsp3) is 0.344. The van der Waals surface area contributed by atoms with Gasteiger partial charge in [-0.3, -0.25) is 4.79 Å². The molecule has 3 aromatic carbocycles. The molecule has 40 heavy (non-hydrogen) atoms. The van der Waals surface area contributed by atoms with Crippen LogP contribution in [0.3, 0.4) is 0 Å². The lowest BCUT2D eigenvalue weighted by Crippen LogP contribution is -2.21. The molecular weight excluding hydrogens is 634 g/mol. The highest BCUT2D eigenvalue weighted by molar-refractivity contribution is 9.11. The number of fused-ring (bicyclic) bond motifs is 1. The normalized spacial score (nSPS) is 12.1. The van der Waals surface area contributed by atoms with E-state index in [9.17, 15) is 4.79 Å². The molecule has 1 heterocycles. The van der Waals surface area contributed by atoms with Crippen LogP contribution in [0.4, 0.5) is 0 Å². The van der Waals surface area contributed by atoms with E-state index in [0.717, 1.165) is 42.7 Å².